The lowest BCUT2D eigenvalue weighted by molar-refractivity contribution is -0.385. The number of aromatic nitrogens is 1. The molecule has 2 aromatic carbocycles. The smallest absolute Gasteiger partial charge is 0.338 e. The van der Waals surface area contributed by atoms with Gasteiger partial charge in [-0.2, -0.15) is 0 Å². The van der Waals surface area contributed by atoms with Crippen LogP contribution in [0.2, 0.25) is 0 Å². The molecule has 14 heteroatoms. The van der Waals surface area contributed by atoms with Crippen molar-refractivity contribution in [3.8, 4) is 0 Å². The van der Waals surface area contributed by atoms with Crippen LogP contribution in [0.15, 0.2) is 58.9 Å². The first-order valence-electron chi connectivity index (χ1n) is 11.9. The van der Waals surface area contributed by atoms with Gasteiger partial charge in [-0.25, -0.2) is 9.59 Å². The van der Waals surface area contributed by atoms with Gasteiger partial charge in [-0.3, -0.25) is 29.6 Å². The summed E-state index contributed by atoms with van der Waals surface area (Å²) in [6.07, 6.45) is 1.48. The zero-order valence-corrected chi connectivity index (χ0v) is 22.0. The zero-order valence-electron chi connectivity index (χ0n) is 21.2. The predicted octanol–water partition coefficient (Wildman–Crippen LogP) is 1.76. The summed E-state index contributed by atoms with van der Waals surface area (Å²) in [5.74, 6) is -3.13. The second-order valence-corrected chi connectivity index (χ2v) is 9.37. The van der Waals surface area contributed by atoms with Gasteiger partial charge in [0.05, 0.1) is 44.7 Å². The topological polar surface area (TPSA) is 187 Å². The van der Waals surface area contributed by atoms with Gasteiger partial charge in [0.2, 0.25) is 0 Å². The minimum atomic E-state index is -1.16. The number of hydrogen-bond donors (Lipinski definition) is 1. The van der Waals surface area contributed by atoms with E-state index in [1.807, 2.05) is 0 Å². The second-order valence-electron chi connectivity index (χ2n) is 8.34. The number of fused-ring (bicyclic) bond motifs is 1. The van der Waals surface area contributed by atoms with Crippen molar-refractivity contribution in [3.63, 3.8) is 0 Å². The van der Waals surface area contributed by atoms with Gasteiger partial charge >= 0.3 is 11.9 Å². The third-order valence-corrected chi connectivity index (χ3v) is 7.09. The summed E-state index contributed by atoms with van der Waals surface area (Å²) in [6, 6.07) is 10.7. The first kappa shape index (κ1) is 27.9. The quantitative estimate of drug-likeness (QED) is 0.239. The van der Waals surface area contributed by atoms with E-state index in [1.54, 1.807) is 13.8 Å². The molecule has 0 aliphatic carbocycles. The third-order valence-electron chi connectivity index (χ3n) is 5.98. The average molecular weight is 567 g/mol. The molecule has 0 spiro atoms. The Kier molecular flexibility index (Phi) is 7.90. The number of esters is 2. The summed E-state index contributed by atoms with van der Waals surface area (Å²) in [4.78, 5) is 61.2. The first-order chi connectivity index (χ1) is 19.1. The molecule has 1 aromatic heterocycles. The summed E-state index contributed by atoms with van der Waals surface area (Å²) in [5, 5.41) is 22.2. The van der Waals surface area contributed by atoms with Crippen molar-refractivity contribution >= 4 is 52.1 Å². The predicted molar refractivity (Wildman–Crippen MR) is 144 cm³/mol. The number of benzene rings is 2. The normalized spacial score (nSPS) is 15.0. The first-order valence-corrected chi connectivity index (χ1v) is 12.7. The molecule has 40 heavy (non-hydrogen) atoms. The summed E-state index contributed by atoms with van der Waals surface area (Å²) in [6.45, 7) is 3.13. The number of carbonyl (C=O) groups excluding carboxylic acids is 2. The number of nitrogens with zero attached hydrogens (tertiary/aromatic N) is 3. The van der Waals surface area contributed by atoms with Gasteiger partial charge in [0.15, 0.2) is 0 Å². The van der Waals surface area contributed by atoms with Crippen molar-refractivity contribution in [2.75, 3.05) is 13.2 Å². The molecule has 0 radical (unpaired) electrons. The van der Waals surface area contributed by atoms with Gasteiger partial charge in [-0.15, -0.1) is 11.3 Å². The van der Waals surface area contributed by atoms with Crippen molar-refractivity contribution in [1.29, 1.82) is 0 Å². The summed E-state index contributed by atoms with van der Waals surface area (Å²) >= 11 is 0.916. The molecule has 206 valence electrons. The SMILES string of the molecule is CCOC(=O)C1=C(N)n2c(s/c(=C\c3ccc([N+](=O)[O-])cc3)c2=O)=C(C(=O)OCC)C1c1ccc([N+](=O)[O-])cc1. The van der Waals surface area contributed by atoms with Gasteiger partial charge in [0, 0.05) is 24.3 Å². The maximum absolute atomic E-state index is 13.5. The molecule has 1 aliphatic rings. The fraction of sp³-hybridized carbons (Fsp3) is 0.192. The molecule has 13 nitrogen and oxygen atoms in total. The van der Waals surface area contributed by atoms with Gasteiger partial charge in [-0.1, -0.05) is 12.1 Å². The molecule has 2 heterocycles. The van der Waals surface area contributed by atoms with E-state index in [2.05, 4.69) is 0 Å². The number of ether oxygens (including phenoxy) is 2. The molecular formula is C26H22N4O9S. The highest BCUT2D eigenvalue weighted by Gasteiger charge is 2.40. The van der Waals surface area contributed by atoms with Gasteiger partial charge in [-0.05, 0) is 43.2 Å². The van der Waals surface area contributed by atoms with Crippen LogP contribution in [0.5, 0.6) is 0 Å². The minimum Gasteiger partial charge on any atom is -0.463 e. The molecular weight excluding hydrogens is 544 g/mol. The maximum Gasteiger partial charge on any atom is 0.338 e. The number of nitro benzene ring substituents is 2. The van der Waals surface area contributed by atoms with E-state index in [4.69, 9.17) is 15.2 Å². The van der Waals surface area contributed by atoms with Crippen molar-refractivity contribution in [1.82, 2.24) is 4.57 Å². The molecule has 0 saturated carbocycles. The fourth-order valence-corrected chi connectivity index (χ4v) is 5.39. The summed E-state index contributed by atoms with van der Waals surface area (Å²) in [5.41, 5.74) is 5.95. The van der Waals surface area contributed by atoms with Crippen LogP contribution in [0.4, 0.5) is 11.4 Å². The molecule has 0 bridgehead atoms. The lowest BCUT2D eigenvalue weighted by atomic mass is 9.83. The van der Waals surface area contributed by atoms with Crippen LogP contribution in [0.25, 0.3) is 17.5 Å². The lowest BCUT2D eigenvalue weighted by Crippen LogP contribution is -2.42. The van der Waals surface area contributed by atoms with E-state index in [9.17, 15) is 34.6 Å². The Morgan fingerprint density at radius 1 is 0.925 bits per heavy atom. The minimum absolute atomic E-state index is 0.0133. The Labute approximate surface area is 229 Å². The highest BCUT2D eigenvalue weighted by molar-refractivity contribution is 7.07. The number of non-ortho nitro benzene ring substituents is 2. The third kappa shape index (κ3) is 5.11. The molecule has 0 fully saturated rings. The highest BCUT2D eigenvalue weighted by Crippen LogP contribution is 2.38. The fourth-order valence-electron chi connectivity index (χ4n) is 4.23. The van der Waals surface area contributed by atoms with Crippen molar-refractivity contribution in [3.05, 3.63) is 105 Å². The Bertz CT molecular complexity index is 1740. The molecule has 1 aliphatic heterocycles. The van der Waals surface area contributed by atoms with Crippen molar-refractivity contribution in [2.24, 2.45) is 5.73 Å². The second kappa shape index (κ2) is 11.3. The number of rotatable bonds is 8. The number of thiazole rings is 1. The zero-order chi connectivity index (χ0) is 29.1. The Morgan fingerprint density at radius 2 is 1.43 bits per heavy atom. The van der Waals surface area contributed by atoms with Crippen LogP contribution >= 0.6 is 11.3 Å². The molecule has 2 N–H and O–H groups in total. The monoisotopic (exact) mass is 566 g/mol. The van der Waals surface area contributed by atoms with E-state index >= 15 is 0 Å². The molecule has 0 amide bonds. The Hall–Kier alpha value is -5.11. The highest BCUT2D eigenvalue weighted by atomic mass is 32.1. The molecule has 0 saturated heterocycles. The van der Waals surface area contributed by atoms with Crippen LogP contribution in [0.3, 0.4) is 0 Å². The molecule has 3 aromatic rings. The number of hydrogen-bond acceptors (Lipinski definition) is 11. The van der Waals surface area contributed by atoms with Crippen LogP contribution in [0, 0.1) is 20.2 Å². The number of nitrogens with two attached hydrogens (primary N) is 1. The number of carbonyl (C=O) groups is 2. The number of nitro groups is 2. The van der Waals surface area contributed by atoms with Gasteiger partial charge < -0.3 is 15.2 Å². The van der Waals surface area contributed by atoms with Crippen LogP contribution in [-0.2, 0) is 19.1 Å². The summed E-state index contributed by atoms with van der Waals surface area (Å²) in [7, 11) is 0. The molecule has 1 unspecified atom stereocenters. The van der Waals surface area contributed by atoms with E-state index in [-0.39, 0.29) is 50.8 Å². The maximum atomic E-state index is 13.5. The van der Waals surface area contributed by atoms with Gasteiger partial charge in [0.25, 0.3) is 16.9 Å². The van der Waals surface area contributed by atoms with E-state index in [1.165, 1.54) is 54.6 Å². The summed E-state index contributed by atoms with van der Waals surface area (Å²) < 4.78 is 11.8. The van der Waals surface area contributed by atoms with Crippen LogP contribution in [-0.4, -0.2) is 39.6 Å². The Morgan fingerprint density at radius 3 is 1.93 bits per heavy atom. The molecule has 1 atom stereocenters. The average Bonchev–Trinajstić information content (AvgIpc) is 3.24. The van der Waals surface area contributed by atoms with Crippen molar-refractivity contribution in [2.45, 2.75) is 19.8 Å². The standard InChI is InChI=1S/C26H22N4O9S/c1-3-38-25(32)20-19(15-7-11-17(12-8-15)30(36)37)21(26(33)39-4-2)24-28(22(20)27)23(31)18(40-24)13-14-5-9-16(10-6-14)29(34)35/h5-13,19H,3-4,27H2,1-2H3/b18-13-. The van der Waals surface area contributed by atoms with Gasteiger partial charge in [0.1, 0.15) is 10.5 Å². The van der Waals surface area contributed by atoms with Crippen molar-refractivity contribution < 1.29 is 28.9 Å². The molecule has 4 rings (SSSR count). The van der Waals surface area contributed by atoms with Crippen LogP contribution < -0.4 is 20.5 Å². The van der Waals surface area contributed by atoms with Crippen LogP contribution in [0.1, 0.15) is 30.9 Å². The van der Waals surface area contributed by atoms with E-state index in [0.717, 1.165) is 15.9 Å². The lowest BCUT2D eigenvalue weighted by Gasteiger charge is -2.27. The Balaban J connectivity index is 2.06. The van der Waals surface area contributed by atoms with E-state index in [0.29, 0.717) is 11.1 Å². The largest absolute Gasteiger partial charge is 0.463 e. The van der Waals surface area contributed by atoms with E-state index < -0.39 is 33.3 Å².